The van der Waals surface area contributed by atoms with Crippen molar-refractivity contribution in [2.75, 3.05) is 6.54 Å². The van der Waals surface area contributed by atoms with Crippen LogP contribution in [-0.4, -0.2) is 22.5 Å². The van der Waals surface area contributed by atoms with Gasteiger partial charge in [0.1, 0.15) is 16.1 Å². The molecular formula is C18H15BrN2O3. The predicted octanol–water partition coefficient (Wildman–Crippen LogP) is 4.24. The topological polar surface area (TPSA) is 71.5 Å². The molecule has 3 aromatic rings. The Kier molecular flexibility index (Phi) is 4.66. The molecule has 6 heteroatoms. The fourth-order valence-corrected chi connectivity index (χ4v) is 2.84. The minimum Gasteiger partial charge on any atom is -0.505 e. The zero-order chi connectivity index (χ0) is 17.1. The zero-order valence-electron chi connectivity index (χ0n) is 12.9. The molecule has 5 nitrogen and oxygen atoms in total. The van der Waals surface area contributed by atoms with Crippen molar-refractivity contribution in [3.63, 3.8) is 0 Å². The van der Waals surface area contributed by atoms with Crippen molar-refractivity contribution < 1.29 is 14.6 Å². The van der Waals surface area contributed by atoms with Crippen LogP contribution >= 0.6 is 15.9 Å². The molecule has 2 N–H and O–H groups in total. The lowest BCUT2D eigenvalue weighted by Gasteiger charge is -2.11. The highest BCUT2D eigenvalue weighted by Crippen LogP contribution is 2.35. The van der Waals surface area contributed by atoms with Crippen molar-refractivity contribution in [2.24, 2.45) is 0 Å². The molecule has 0 unspecified atom stereocenters. The molecule has 0 radical (unpaired) electrons. The Morgan fingerprint density at radius 2 is 1.92 bits per heavy atom. The number of pyridine rings is 1. The van der Waals surface area contributed by atoms with Gasteiger partial charge in [-0.25, -0.2) is 4.98 Å². The first-order chi connectivity index (χ1) is 11.6. The van der Waals surface area contributed by atoms with E-state index >= 15 is 0 Å². The molecule has 1 heterocycles. The highest BCUT2D eigenvalue weighted by molar-refractivity contribution is 9.10. The summed E-state index contributed by atoms with van der Waals surface area (Å²) >= 11 is 3.36. The minimum atomic E-state index is -0.415. The van der Waals surface area contributed by atoms with Crippen LogP contribution in [0.1, 0.15) is 17.4 Å². The smallest absolute Gasteiger partial charge is 0.273 e. The molecule has 0 fully saturated rings. The van der Waals surface area contributed by atoms with Crippen LogP contribution in [0.3, 0.4) is 0 Å². The van der Waals surface area contributed by atoms with Crippen LogP contribution in [0.5, 0.6) is 17.2 Å². The third-order valence-electron chi connectivity index (χ3n) is 3.43. The van der Waals surface area contributed by atoms with Crippen molar-refractivity contribution >= 4 is 32.6 Å². The van der Waals surface area contributed by atoms with Gasteiger partial charge >= 0.3 is 0 Å². The monoisotopic (exact) mass is 386 g/mol. The van der Waals surface area contributed by atoms with Gasteiger partial charge < -0.3 is 15.2 Å². The molecule has 0 aliphatic rings. The number of hydrogen-bond donors (Lipinski definition) is 2. The zero-order valence-corrected chi connectivity index (χ0v) is 14.5. The Morgan fingerprint density at radius 3 is 2.62 bits per heavy atom. The van der Waals surface area contributed by atoms with Crippen molar-refractivity contribution in [2.45, 2.75) is 6.92 Å². The van der Waals surface area contributed by atoms with E-state index in [1.54, 1.807) is 25.1 Å². The number of para-hydroxylation sites is 1. The lowest BCUT2D eigenvalue weighted by atomic mass is 10.1. The summed E-state index contributed by atoms with van der Waals surface area (Å²) in [6, 6.07) is 14.6. The molecule has 3 rings (SSSR count). The number of nitrogens with zero attached hydrogens (tertiary/aromatic N) is 1. The number of fused-ring (bicyclic) bond motifs is 1. The summed E-state index contributed by atoms with van der Waals surface area (Å²) < 4.78 is 6.26. The third kappa shape index (κ3) is 3.19. The number of aromatic nitrogens is 1. The van der Waals surface area contributed by atoms with Gasteiger partial charge in [-0.1, -0.05) is 18.2 Å². The van der Waals surface area contributed by atoms with Gasteiger partial charge in [-0.15, -0.1) is 0 Å². The maximum Gasteiger partial charge on any atom is 0.273 e. The van der Waals surface area contributed by atoms with Gasteiger partial charge in [-0.2, -0.15) is 0 Å². The van der Waals surface area contributed by atoms with Crippen LogP contribution in [-0.2, 0) is 0 Å². The van der Waals surface area contributed by atoms with Crippen LogP contribution in [0.4, 0.5) is 0 Å². The number of benzene rings is 2. The number of halogens is 1. The summed E-state index contributed by atoms with van der Waals surface area (Å²) in [6.07, 6.45) is 0. The number of aromatic hydroxyl groups is 1. The van der Waals surface area contributed by atoms with Gasteiger partial charge in [-0.05, 0) is 53.2 Å². The van der Waals surface area contributed by atoms with Gasteiger partial charge in [-0.3, -0.25) is 4.79 Å². The van der Waals surface area contributed by atoms with E-state index in [-0.39, 0.29) is 11.4 Å². The Hall–Kier alpha value is -2.60. The maximum absolute atomic E-state index is 12.0. The van der Waals surface area contributed by atoms with Crippen LogP contribution in [0.2, 0.25) is 0 Å². The highest BCUT2D eigenvalue weighted by atomic mass is 79.9. The van der Waals surface area contributed by atoms with E-state index in [9.17, 15) is 9.90 Å². The average molecular weight is 387 g/mol. The van der Waals surface area contributed by atoms with Crippen LogP contribution in [0.15, 0.2) is 53.1 Å². The molecule has 122 valence electrons. The number of hydrogen-bond acceptors (Lipinski definition) is 4. The first-order valence-corrected chi connectivity index (χ1v) is 8.22. The standard InChI is InChI=1S/C18H15BrN2O3/c1-2-20-18(23)15-16(22)13-9-8-12(10-14(13)17(19)21-15)24-11-6-4-3-5-7-11/h3-10,22H,2H2,1H3,(H,20,23). The van der Waals surface area contributed by atoms with E-state index in [4.69, 9.17) is 4.74 Å². The molecule has 0 aliphatic carbocycles. The molecule has 0 saturated carbocycles. The second-order valence-electron chi connectivity index (χ2n) is 5.08. The highest BCUT2D eigenvalue weighted by Gasteiger charge is 2.18. The molecule has 0 atom stereocenters. The molecule has 0 spiro atoms. The molecule has 0 aliphatic heterocycles. The largest absolute Gasteiger partial charge is 0.505 e. The van der Waals surface area contributed by atoms with E-state index in [1.165, 1.54) is 0 Å². The second-order valence-corrected chi connectivity index (χ2v) is 5.83. The molecular weight excluding hydrogens is 372 g/mol. The van der Waals surface area contributed by atoms with Gasteiger partial charge in [0, 0.05) is 17.3 Å². The first-order valence-electron chi connectivity index (χ1n) is 7.43. The molecule has 24 heavy (non-hydrogen) atoms. The molecule has 0 bridgehead atoms. The fraction of sp³-hybridized carbons (Fsp3) is 0.111. The summed E-state index contributed by atoms with van der Waals surface area (Å²) in [5, 5.41) is 14.2. The summed E-state index contributed by atoms with van der Waals surface area (Å²) in [4.78, 5) is 16.2. The minimum absolute atomic E-state index is 0.00653. The van der Waals surface area contributed by atoms with Gasteiger partial charge in [0.05, 0.1) is 0 Å². The molecule has 1 amide bonds. The summed E-state index contributed by atoms with van der Waals surface area (Å²) in [6.45, 7) is 2.26. The summed E-state index contributed by atoms with van der Waals surface area (Å²) in [5.41, 5.74) is -0.00653. The number of carbonyl (C=O) groups is 1. The second kappa shape index (κ2) is 6.88. The Morgan fingerprint density at radius 1 is 1.17 bits per heavy atom. The van der Waals surface area contributed by atoms with Crippen molar-refractivity contribution in [3.8, 4) is 17.2 Å². The van der Waals surface area contributed by atoms with Crippen LogP contribution in [0.25, 0.3) is 10.8 Å². The molecule has 2 aromatic carbocycles. The molecule has 1 aromatic heterocycles. The number of rotatable bonds is 4. The predicted molar refractivity (Wildman–Crippen MR) is 95.6 cm³/mol. The van der Waals surface area contributed by atoms with Crippen LogP contribution < -0.4 is 10.1 Å². The number of carbonyl (C=O) groups excluding carboxylic acids is 1. The maximum atomic E-state index is 12.0. The van der Waals surface area contributed by atoms with E-state index in [0.717, 1.165) is 0 Å². The lowest BCUT2D eigenvalue weighted by molar-refractivity contribution is 0.0948. The van der Waals surface area contributed by atoms with Gasteiger partial charge in [0.15, 0.2) is 11.4 Å². The van der Waals surface area contributed by atoms with E-state index in [0.29, 0.717) is 33.4 Å². The summed E-state index contributed by atoms with van der Waals surface area (Å²) in [5.74, 6) is 0.762. The van der Waals surface area contributed by atoms with Crippen molar-refractivity contribution in [1.29, 1.82) is 0 Å². The lowest BCUT2D eigenvalue weighted by Crippen LogP contribution is -2.24. The normalized spacial score (nSPS) is 10.6. The van der Waals surface area contributed by atoms with E-state index in [1.807, 2.05) is 30.3 Å². The Balaban J connectivity index is 2.03. The SMILES string of the molecule is CCNC(=O)c1nc(Br)c2cc(Oc3ccccc3)ccc2c1O. The van der Waals surface area contributed by atoms with E-state index in [2.05, 4.69) is 26.2 Å². The number of amides is 1. The number of nitrogens with one attached hydrogen (secondary N) is 1. The Labute approximate surface area is 147 Å². The third-order valence-corrected chi connectivity index (χ3v) is 4.04. The van der Waals surface area contributed by atoms with Crippen molar-refractivity contribution in [1.82, 2.24) is 10.3 Å². The fourth-order valence-electron chi connectivity index (χ4n) is 2.33. The van der Waals surface area contributed by atoms with E-state index < -0.39 is 5.91 Å². The Bertz CT molecular complexity index is 898. The quantitative estimate of drug-likeness (QED) is 0.657. The van der Waals surface area contributed by atoms with Gasteiger partial charge in [0.2, 0.25) is 0 Å². The molecule has 0 saturated heterocycles. The average Bonchev–Trinajstić information content (AvgIpc) is 2.59. The first kappa shape index (κ1) is 16.3. The van der Waals surface area contributed by atoms with Crippen LogP contribution in [0, 0.1) is 0 Å². The summed E-state index contributed by atoms with van der Waals surface area (Å²) in [7, 11) is 0. The van der Waals surface area contributed by atoms with Gasteiger partial charge in [0.25, 0.3) is 5.91 Å². The van der Waals surface area contributed by atoms with Crippen molar-refractivity contribution in [3.05, 3.63) is 58.8 Å². The number of ether oxygens (including phenoxy) is 1.